The van der Waals surface area contributed by atoms with Gasteiger partial charge in [-0.1, -0.05) is 17.7 Å². The summed E-state index contributed by atoms with van der Waals surface area (Å²) in [5.74, 6) is 2.47. The Morgan fingerprint density at radius 1 is 1.07 bits per heavy atom. The first-order chi connectivity index (χ1) is 13.6. The fourth-order valence-electron chi connectivity index (χ4n) is 3.03. The van der Waals surface area contributed by atoms with Gasteiger partial charge < -0.3 is 23.8 Å². The summed E-state index contributed by atoms with van der Waals surface area (Å²) in [6.07, 6.45) is 4.04. The lowest BCUT2D eigenvalue weighted by Crippen LogP contribution is -2.24. The average molecular weight is 402 g/mol. The number of benzene rings is 2. The van der Waals surface area contributed by atoms with Gasteiger partial charge in [0.05, 0.1) is 18.2 Å². The van der Waals surface area contributed by atoms with Crippen LogP contribution in [0.5, 0.6) is 23.0 Å². The zero-order chi connectivity index (χ0) is 19.5. The van der Waals surface area contributed by atoms with Crippen molar-refractivity contribution in [3.05, 3.63) is 52.6 Å². The van der Waals surface area contributed by atoms with E-state index in [1.54, 1.807) is 24.1 Å². The van der Waals surface area contributed by atoms with Crippen LogP contribution in [0, 0.1) is 0 Å². The monoisotopic (exact) mass is 401 g/mol. The topological polar surface area (TPSA) is 57.2 Å². The second kappa shape index (κ2) is 8.02. The van der Waals surface area contributed by atoms with Crippen LogP contribution in [0.1, 0.15) is 17.5 Å². The maximum Gasteiger partial charge on any atom is 0.246 e. The van der Waals surface area contributed by atoms with Crippen molar-refractivity contribution in [2.24, 2.45) is 0 Å². The highest BCUT2D eigenvalue weighted by Gasteiger charge is 2.16. The molecule has 0 saturated carbocycles. The summed E-state index contributed by atoms with van der Waals surface area (Å²) in [6, 6.07) is 9.25. The molecule has 0 aliphatic carbocycles. The molecule has 0 aromatic heterocycles. The molecule has 2 aliphatic heterocycles. The number of ether oxygens (including phenoxy) is 4. The number of amides is 1. The van der Waals surface area contributed by atoms with Crippen LogP contribution >= 0.6 is 11.6 Å². The molecule has 7 heteroatoms. The van der Waals surface area contributed by atoms with Gasteiger partial charge in [-0.3, -0.25) is 4.79 Å². The second-order valence-electron chi connectivity index (χ2n) is 6.60. The molecular weight excluding hydrogens is 382 g/mol. The quantitative estimate of drug-likeness (QED) is 0.727. The van der Waals surface area contributed by atoms with E-state index in [-0.39, 0.29) is 12.7 Å². The van der Waals surface area contributed by atoms with E-state index in [9.17, 15) is 4.79 Å². The molecule has 6 nitrogen and oxygen atoms in total. The van der Waals surface area contributed by atoms with E-state index in [0.717, 1.165) is 23.3 Å². The molecule has 2 heterocycles. The number of likely N-dealkylation sites (N-methyl/N-ethyl adjacent to an activating group) is 1. The van der Waals surface area contributed by atoms with Crippen molar-refractivity contribution >= 4 is 23.6 Å². The number of carbonyl (C=O) groups excluding carboxylic acids is 1. The Bertz CT molecular complexity index is 927. The van der Waals surface area contributed by atoms with Gasteiger partial charge in [0.1, 0.15) is 0 Å². The van der Waals surface area contributed by atoms with E-state index in [1.807, 2.05) is 24.3 Å². The SMILES string of the molecule is CN(Cc1ccc2c(c1)OCO2)C(=O)C=Cc1cc(Cl)c2c(c1)OCCCO2. The molecule has 0 fully saturated rings. The number of fused-ring (bicyclic) bond motifs is 2. The van der Waals surface area contributed by atoms with E-state index >= 15 is 0 Å². The normalized spacial score (nSPS) is 14.8. The molecule has 0 radical (unpaired) electrons. The van der Waals surface area contributed by atoms with Crippen molar-refractivity contribution in [1.82, 2.24) is 4.90 Å². The van der Waals surface area contributed by atoms with Crippen molar-refractivity contribution in [2.75, 3.05) is 27.1 Å². The van der Waals surface area contributed by atoms with Crippen LogP contribution < -0.4 is 18.9 Å². The summed E-state index contributed by atoms with van der Waals surface area (Å²) >= 11 is 6.30. The van der Waals surface area contributed by atoms with Gasteiger partial charge in [0.25, 0.3) is 0 Å². The Kier molecular flexibility index (Phi) is 5.30. The predicted molar refractivity (Wildman–Crippen MR) is 105 cm³/mol. The van der Waals surface area contributed by atoms with Gasteiger partial charge in [-0.05, 0) is 41.5 Å². The molecule has 0 unspecified atom stereocenters. The Balaban J connectivity index is 1.43. The van der Waals surface area contributed by atoms with Crippen molar-refractivity contribution in [3.8, 4) is 23.0 Å². The number of rotatable bonds is 4. The number of hydrogen-bond acceptors (Lipinski definition) is 5. The van der Waals surface area contributed by atoms with E-state index in [0.29, 0.717) is 42.0 Å². The van der Waals surface area contributed by atoms with Crippen LogP contribution in [0.4, 0.5) is 0 Å². The Morgan fingerprint density at radius 2 is 1.89 bits per heavy atom. The van der Waals surface area contributed by atoms with Crippen LogP contribution in [0.3, 0.4) is 0 Å². The fourth-order valence-corrected chi connectivity index (χ4v) is 3.31. The van der Waals surface area contributed by atoms with Crippen molar-refractivity contribution in [1.29, 1.82) is 0 Å². The van der Waals surface area contributed by atoms with E-state index in [4.69, 9.17) is 30.5 Å². The van der Waals surface area contributed by atoms with Gasteiger partial charge in [0.2, 0.25) is 12.7 Å². The Hall–Kier alpha value is -2.86. The molecule has 146 valence electrons. The largest absolute Gasteiger partial charge is 0.489 e. The fraction of sp³-hybridized carbons (Fsp3) is 0.286. The number of carbonyl (C=O) groups is 1. The van der Waals surface area contributed by atoms with Gasteiger partial charge >= 0.3 is 0 Å². The highest BCUT2D eigenvalue weighted by Crippen LogP contribution is 2.38. The average Bonchev–Trinajstić information content (AvgIpc) is 3.01. The molecule has 28 heavy (non-hydrogen) atoms. The lowest BCUT2D eigenvalue weighted by atomic mass is 10.1. The van der Waals surface area contributed by atoms with Gasteiger partial charge in [0.15, 0.2) is 23.0 Å². The summed E-state index contributed by atoms with van der Waals surface area (Å²) in [4.78, 5) is 14.1. The minimum atomic E-state index is -0.124. The van der Waals surface area contributed by atoms with Crippen LogP contribution in [0.2, 0.25) is 5.02 Å². The van der Waals surface area contributed by atoms with Gasteiger partial charge in [-0.2, -0.15) is 0 Å². The molecule has 0 bridgehead atoms. The second-order valence-corrected chi connectivity index (χ2v) is 7.00. The lowest BCUT2D eigenvalue weighted by Gasteiger charge is -2.15. The summed E-state index contributed by atoms with van der Waals surface area (Å²) in [7, 11) is 1.75. The third-order valence-corrected chi connectivity index (χ3v) is 4.76. The maximum absolute atomic E-state index is 12.5. The molecule has 0 spiro atoms. The van der Waals surface area contributed by atoms with Crippen LogP contribution in [-0.2, 0) is 11.3 Å². The van der Waals surface area contributed by atoms with Crippen molar-refractivity contribution in [2.45, 2.75) is 13.0 Å². The lowest BCUT2D eigenvalue weighted by molar-refractivity contribution is -0.125. The molecule has 0 atom stereocenters. The molecule has 4 rings (SSSR count). The first-order valence-electron chi connectivity index (χ1n) is 9.01. The zero-order valence-electron chi connectivity index (χ0n) is 15.4. The van der Waals surface area contributed by atoms with Crippen molar-refractivity contribution < 1.29 is 23.7 Å². The summed E-state index contributed by atoms with van der Waals surface area (Å²) in [6.45, 7) is 1.84. The first-order valence-corrected chi connectivity index (χ1v) is 9.39. The summed E-state index contributed by atoms with van der Waals surface area (Å²) in [5, 5.41) is 0.472. The van der Waals surface area contributed by atoms with Crippen LogP contribution in [0.25, 0.3) is 6.08 Å². The molecule has 2 aromatic rings. The standard InChI is InChI=1S/C21H20ClNO5/c1-23(12-15-3-5-17-18(11-15)28-13-27-17)20(24)6-4-14-9-16(22)21-19(10-14)25-7-2-8-26-21/h3-6,9-11H,2,7-8,12-13H2,1H3. The molecule has 2 aliphatic rings. The number of hydrogen-bond donors (Lipinski definition) is 0. The van der Waals surface area contributed by atoms with Gasteiger partial charge in [-0.15, -0.1) is 0 Å². The predicted octanol–water partition coefficient (Wildman–Crippen LogP) is 3.90. The molecule has 0 saturated heterocycles. The number of nitrogens with zero attached hydrogens (tertiary/aromatic N) is 1. The Morgan fingerprint density at radius 3 is 2.79 bits per heavy atom. The van der Waals surface area contributed by atoms with Crippen LogP contribution in [0.15, 0.2) is 36.4 Å². The minimum absolute atomic E-state index is 0.124. The third-order valence-electron chi connectivity index (χ3n) is 4.48. The Labute approximate surface area is 168 Å². The highest BCUT2D eigenvalue weighted by atomic mass is 35.5. The van der Waals surface area contributed by atoms with E-state index in [1.165, 1.54) is 6.08 Å². The summed E-state index contributed by atoms with van der Waals surface area (Å²) < 4.78 is 22.0. The maximum atomic E-state index is 12.5. The molecule has 1 amide bonds. The summed E-state index contributed by atoms with van der Waals surface area (Å²) in [5.41, 5.74) is 1.74. The van der Waals surface area contributed by atoms with Crippen molar-refractivity contribution in [3.63, 3.8) is 0 Å². The molecule has 2 aromatic carbocycles. The smallest absolute Gasteiger partial charge is 0.246 e. The van der Waals surface area contributed by atoms with E-state index in [2.05, 4.69) is 0 Å². The molecular formula is C21H20ClNO5. The van der Waals surface area contributed by atoms with E-state index < -0.39 is 0 Å². The third kappa shape index (κ3) is 4.02. The zero-order valence-corrected chi connectivity index (χ0v) is 16.2. The van der Waals surface area contributed by atoms with Gasteiger partial charge in [-0.25, -0.2) is 0 Å². The van der Waals surface area contributed by atoms with Crippen LogP contribution in [-0.4, -0.2) is 37.9 Å². The number of halogens is 1. The highest BCUT2D eigenvalue weighted by molar-refractivity contribution is 6.32. The molecule has 0 N–H and O–H groups in total. The van der Waals surface area contributed by atoms with Gasteiger partial charge in [0, 0.05) is 26.1 Å². The minimum Gasteiger partial charge on any atom is -0.489 e. The first kappa shape index (κ1) is 18.5.